The van der Waals surface area contributed by atoms with Crippen LogP contribution in [0.15, 0.2) is 42.6 Å². The number of benzene rings is 2. The summed E-state index contributed by atoms with van der Waals surface area (Å²) in [5.74, 6) is -0.114. The van der Waals surface area contributed by atoms with E-state index in [0.717, 1.165) is 27.7 Å². The first kappa shape index (κ1) is 12.2. The van der Waals surface area contributed by atoms with Gasteiger partial charge in [0.15, 0.2) is 0 Å². The summed E-state index contributed by atoms with van der Waals surface area (Å²) in [5, 5.41) is 11.4. The molecule has 0 saturated heterocycles. The van der Waals surface area contributed by atoms with E-state index in [9.17, 15) is 4.79 Å². The fraction of sp³-hybridized carbons (Fsp3) is 0. The van der Waals surface area contributed by atoms with E-state index in [4.69, 9.17) is 11.6 Å². The summed E-state index contributed by atoms with van der Waals surface area (Å²) < 4.78 is 0. The van der Waals surface area contributed by atoms with Gasteiger partial charge in [0, 0.05) is 21.5 Å². The maximum atomic E-state index is 12.1. The van der Waals surface area contributed by atoms with Gasteiger partial charge in [-0.3, -0.25) is 9.89 Å². The van der Waals surface area contributed by atoms with Crippen LogP contribution in [0.25, 0.3) is 22.6 Å². The van der Waals surface area contributed by atoms with Gasteiger partial charge >= 0.3 is 0 Å². The Bertz CT molecular complexity index is 911. The molecule has 2 N–H and O–H groups in total. The SMILES string of the molecule is O=C1Nc2cc(Cl)ccc2C1=Cc1ccc2cn[nH]c2c1. The lowest BCUT2D eigenvalue weighted by atomic mass is 10.0. The van der Waals surface area contributed by atoms with Crippen molar-refractivity contribution in [3.05, 3.63) is 58.7 Å². The number of hydrogen-bond acceptors (Lipinski definition) is 2. The molecular formula is C16H10ClN3O. The second-order valence-electron chi connectivity index (χ2n) is 4.92. The highest BCUT2D eigenvalue weighted by atomic mass is 35.5. The number of amides is 1. The normalized spacial score (nSPS) is 15.5. The summed E-state index contributed by atoms with van der Waals surface area (Å²) in [5.41, 5.74) is 4.15. The van der Waals surface area contributed by atoms with Crippen LogP contribution in [0.3, 0.4) is 0 Å². The summed E-state index contributed by atoms with van der Waals surface area (Å²) in [4.78, 5) is 12.1. The van der Waals surface area contributed by atoms with Crippen LogP contribution in [0.5, 0.6) is 0 Å². The Morgan fingerprint density at radius 3 is 2.95 bits per heavy atom. The van der Waals surface area contributed by atoms with Crippen molar-refractivity contribution in [3.8, 4) is 0 Å². The summed E-state index contributed by atoms with van der Waals surface area (Å²) in [7, 11) is 0. The highest BCUT2D eigenvalue weighted by Gasteiger charge is 2.24. The van der Waals surface area contributed by atoms with Gasteiger partial charge in [-0.2, -0.15) is 5.10 Å². The fourth-order valence-corrected chi connectivity index (χ4v) is 2.69. The molecule has 2 aromatic carbocycles. The topological polar surface area (TPSA) is 57.8 Å². The Morgan fingerprint density at radius 2 is 2.05 bits per heavy atom. The fourth-order valence-electron chi connectivity index (χ4n) is 2.52. The standard InChI is InChI=1S/C16H10ClN3O/c17-11-3-4-12-13(16(21)19-15(12)7-11)5-9-1-2-10-8-18-20-14(10)6-9/h1-8H,(H,18,20)(H,19,21). The molecule has 0 aliphatic carbocycles. The van der Waals surface area contributed by atoms with Crippen LogP contribution < -0.4 is 5.32 Å². The number of nitrogens with one attached hydrogen (secondary N) is 2. The predicted molar refractivity (Wildman–Crippen MR) is 84.0 cm³/mol. The van der Waals surface area contributed by atoms with E-state index in [-0.39, 0.29) is 5.91 Å². The van der Waals surface area contributed by atoms with Crippen molar-refractivity contribution in [2.45, 2.75) is 0 Å². The lowest BCUT2D eigenvalue weighted by Gasteiger charge is -1.99. The van der Waals surface area contributed by atoms with Gasteiger partial charge in [-0.05, 0) is 29.8 Å². The number of aromatic amines is 1. The number of H-pyrrole nitrogens is 1. The van der Waals surface area contributed by atoms with Crippen molar-refractivity contribution in [2.75, 3.05) is 5.32 Å². The Hall–Kier alpha value is -2.59. The zero-order valence-corrected chi connectivity index (χ0v) is 11.6. The molecule has 1 aliphatic rings. The van der Waals surface area contributed by atoms with E-state index in [1.165, 1.54) is 0 Å². The maximum Gasteiger partial charge on any atom is 0.256 e. The van der Waals surface area contributed by atoms with Gasteiger partial charge in [-0.15, -0.1) is 0 Å². The van der Waals surface area contributed by atoms with Crippen LogP contribution in [0, 0.1) is 0 Å². The molecule has 0 fully saturated rings. The zero-order chi connectivity index (χ0) is 14.4. The number of fused-ring (bicyclic) bond motifs is 2. The van der Waals surface area contributed by atoms with Crippen molar-refractivity contribution in [1.29, 1.82) is 0 Å². The molecule has 0 unspecified atom stereocenters. The van der Waals surface area contributed by atoms with Gasteiger partial charge in [-0.1, -0.05) is 29.8 Å². The first-order valence-electron chi connectivity index (χ1n) is 6.47. The minimum absolute atomic E-state index is 0.114. The zero-order valence-electron chi connectivity index (χ0n) is 10.9. The smallest absolute Gasteiger partial charge is 0.256 e. The third-order valence-corrected chi connectivity index (χ3v) is 3.78. The van der Waals surface area contributed by atoms with E-state index in [1.54, 1.807) is 18.3 Å². The molecule has 21 heavy (non-hydrogen) atoms. The average molecular weight is 296 g/mol. The minimum Gasteiger partial charge on any atom is -0.321 e. The summed E-state index contributed by atoms with van der Waals surface area (Å²) in [6, 6.07) is 11.3. The Balaban J connectivity index is 1.84. The molecule has 0 spiro atoms. The molecule has 1 aliphatic heterocycles. The molecular weight excluding hydrogens is 286 g/mol. The molecule has 1 amide bonds. The lowest BCUT2D eigenvalue weighted by molar-refractivity contribution is -0.110. The second kappa shape index (κ2) is 4.46. The largest absolute Gasteiger partial charge is 0.321 e. The van der Waals surface area contributed by atoms with Crippen molar-refractivity contribution in [1.82, 2.24) is 10.2 Å². The third kappa shape index (κ3) is 2.00. The molecule has 2 heterocycles. The van der Waals surface area contributed by atoms with E-state index in [2.05, 4.69) is 15.5 Å². The molecule has 4 nitrogen and oxygen atoms in total. The number of aromatic nitrogens is 2. The van der Waals surface area contributed by atoms with Crippen LogP contribution in [0.1, 0.15) is 11.1 Å². The average Bonchev–Trinajstić information content (AvgIpc) is 3.03. The Kier molecular flexibility index (Phi) is 2.59. The van der Waals surface area contributed by atoms with Crippen molar-refractivity contribution in [3.63, 3.8) is 0 Å². The molecule has 0 saturated carbocycles. The van der Waals surface area contributed by atoms with Crippen LogP contribution in [0.4, 0.5) is 5.69 Å². The van der Waals surface area contributed by atoms with E-state index < -0.39 is 0 Å². The molecule has 0 radical (unpaired) electrons. The van der Waals surface area contributed by atoms with Gasteiger partial charge in [0.1, 0.15) is 0 Å². The number of anilines is 1. The van der Waals surface area contributed by atoms with Gasteiger partial charge in [0.2, 0.25) is 0 Å². The molecule has 1 aromatic heterocycles. The number of nitrogens with zero attached hydrogens (tertiary/aromatic N) is 1. The van der Waals surface area contributed by atoms with E-state index >= 15 is 0 Å². The number of rotatable bonds is 1. The molecule has 5 heteroatoms. The van der Waals surface area contributed by atoms with Gasteiger partial charge in [-0.25, -0.2) is 0 Å². The van der Waals surface area contributed by atoms with Crippen molar-refractivity contribution < 1.29 is 4.79 Å². The summed E-state index contributed by atoms with van der Waals surface area (Å²) in [6.07, 6.45) is 3.64. The van der Waals surface area contributed by atoms with Gasteiger partial charge in [0.25, 0.3) is 5.91 Å². The second-order valence-corrected chi connectivity index (χ2v) is 5.36. The number of carbonyl (C=O) groups excluding carboxylic acids is 1. The summed E-state index contributed by atoms with van der Waals surface area (Å²) >= 11 is 5.95. The molecule has 3 aromatic rings. The minimum atomic E-state index is -0.114. The van der Waals surface area contributed by atoms with E-state index in [1.807, 2.05) is 30.3 Å². The Labute approximate surface area is 125 Å². The third-order valence-electron chi connectivity index (χ3n) is 3.54. The van der Waals surface area contributed by atoms with Crippen LogP contribution >= 0.6 is 11.6 Å². The molecule has 0 atom stereocenters. The molecule has 4 rings (SSSR count). The number of halogens is 1. The first-order valence-corrected chi connectivity index (χ1v) is 6.84. The lowest BCUT2D eigenvalue weighted by Crippen LogP contribution is -2.03. The van der Waals surface area contributed by atoms with Crippen LogP contribution in [0.2, 0.25) is 5.02 Å². The molecule has 0 bridgehead atoms. The summed E-state index contributed by atoms with van der Waals surface area (Å²) in [6.45, 7) is 0. The highest BCUT2D eigenvalue weighted by Crippen LogP contribution is 2.35. The Morgan fingerprint density at radius 1 is 1.14 bits per heavy atom. The maximum absolute atomic E-state index is 12.1. The van der Waals surface area contributed by atoms with E-state index in [0.29, 0.717) is 10.6 Å². The van der Waals surface area contributed by atoms with Crippen LogP contribution in [-0.4, -0.2) is 16.1 Å². The van der Waals surface area contributed by atoms with Crippen molar-refractivity contribution in [2.24, 2.45) is 0 Å². The van der Waals surface area contributed by atoms with Crippen molar-refractivity contribution >= 4 is 45.7 Å². The first-order chi connectivity index (χ1) is 10.2. The van der Waals surface area contributed by atoms with Crippen LogP contribution in [-0.2, 0) is 4.79 Å². The predicted octanol–water partition coefficient (Wildman–Crippen LogP) is 3.71. The monoisotopic (exact) mass is 295 g/mol. The number of carbonyl (C=O) groups is 1. The van der Waals surface area contributed by atoms with Gasteiger partial charge in [0.05, 0.1) is 17.4 Å². The van der Waals surface area contributed by atoms with Gasteiger partial charge < -0.3 is 5.32 Å². The quantitative estimate of drug-likeness (QED) is 0.672. The molecule has 102 valence electrons. The highest BCUT2D eigenvalue weighted by molar-refractivity contribution is 6.36. The number of hydrogen-bond donors (Lipinski definition) is 2.